The lowest BCUT2D eigenvalue weighted by Crippen LogP contribution is -2.30. The van der Waals surface area contributed by atoms with E-state index in [1.54, 1.807) is 0 Å². The van der Waals surface area contributed by atoms with E-state index in [4.69, 9.17) is 4.98 Å². The van der Waals surface area contributed by atoms with Gasteiger partial charge in [-0.15, -0.1) is 0 Å². The average molecular weight is 416 g/mol. The van der Waals surface area contributed by atoms with Crippen molar-refractivity contribution in [2.75, 3.05) is 27.2 Å². The summed E-state index contributed by atoms with van der Waals surface area (Å²) in [4.78, 5) is 22.3. The maximum atomic E-state index is 13.5. The number of benzene rings is 1. The quantitative estimate of drug-likeness (QED) is 0.437. The van der Waals surface area contributed by atoms with Crippen molar-refractivity contribution in [2.24, 2.45) is 0 Å². The summed E-state index contributed by atoms with van der Waals surface area (Å²) in [5.41, 5.74) is 3.44. The van der Waals surface area contributed by atoms with E-state index < -0.39 is 0 Å². The van der Waals surface area contributed by atoms with Crippen LogP contribution in [-0.2, 0) is 13.1 Å². The van der Waals surface area contributed by atoms with E-state index in [1.165, 1.54) is 0 Å². The minimum absolute atomic E-state index is 0.0478. The van der Waals surface area contributed by atoms with Crippen molar-refractivity contribution in [3.63, 3.8) is 0 Å². The Bertz CT molecular complexity index is 1160. The predicted octanol–water partition coefficient (Wildman–Crippen LogP) is 4.03. The highest BCUT2D eigenvalue weighted by molar-refractivity contribution is 6.00. The zero-order valence-corrected chi connectivity index (χ0v) is 18.4. The summed E-state index contributed by atoms with van der Waals surface area (Å²) in [5.74, 6) is 0.742. The van der Waals surface area contributed by atoms with E-state index in [0.717, 1.165) is 35.6 Å². The largest absolute Gasteiger partial charge is 0.352 e. The van der Waals surface area contributed by atoms with Gasteiger partial charge in [0.25, 0.3) is 5.91 Å². The number of imidazole rings is 1. The number of rotatable bonds is 8. The molecule has 0 aliphatic rings. The van der Waals surface area contributed by atoms with Crippen molar-refractivity contribution >= 4 is 11.4 Å². The lowest BCUT2D eigenvalue weighted by atomic mass is 10.2. The lowest BCUT2D eigenvalue weighted by molar-refractivity contribution is 0.0749. The Kier molecular flexibility index (Phi) is 6.18. The van der Waals surface area contributed by atoms with Crippen LogP contribution in [0, 0.1) is 0 Å². The smallest absolute Gasteiger partial charge is 0.275 e. The molecular formula is C25H29N5O. The highest BCUT2D eigenvalue weighted by Crippen LogP contribution is 2.24. The first-order valence-electron chi connectivity index (χ1n) is 10.7. The van der Waals surface area contributed by atoms with Crippen LogP contribution in [0.1, 0.15) is 23.0 Å². The van der Waals surface area contributed by atoms with E-state index in [1.807, 2.05) is 71.0 Å². The molecule has 6 heteroatoms. The van der Waals surface area contributed by atoms with Crippen LogP contribution in [0.15, 0.2) is 73.2 Å². The Balaban J connectivity index is 1.67. The Morgan fingerprint density at radius 3 is 2.52 bits per heavy atom. The number of fused-ring (bicyclic) bond motifs is 1. The van der Waals surface area contributed by atoms with Gasteiger partial charge in [-0.3, -0.25) is 9.20 Å². The van der Waals surface area contributed by atoms with Gasteiger partial charge in [-0.1, -0.05) is 36.4 Å². The second-order valence-corrected chi connectivity index (χ2v) is 7.99. The van der Waals surface area contributed by atoms with Gasteiger partial charge < -0.3 is 14.4 Å². The fourth-order valence-corrected chi connectivity index (χ4v) is 3.71. The molecular weight excluding hydrogens is 386 g/mol. The number of pyridine rings is 1. The fourth-order valence-electron chi connectivity index (χ4n) is 3.71. The Labute approximate surface area is 183 Å². The number of amides is 1. The van der Waals surface area contributed by atoms with Crippen molar-refractivity contribution in [3.8, 4) is 11.4 Å². The number of hydrogen-bond acceptors (Lipinski definition) is 3. The number of carbonyl (C=O) groups excluding carboxylic acids is 1. The number of hydrogen-bond donors (Lipinski definition) is 0. The summed E-state index contributed by atoms with van der Waals surface area (Å²) in [6.07, 6.45) is 6.14. The van der Waals surface area contributed by atoms with Gasteiger partial charge in [0.2, 0.25) is 0 Å². The molecule has 0 N–H and O–H groups in total. The number of aromatic nitrogens is 3. The number of nitrogens with zero attached hydrogens (tertiary/aromatic N) is 5. The maximum absolute atomic E-state index is 13.5. The molecule has 31 heavy (non-hydrogen) atoms. The van der Waals surface area contributed by atoms with Gasteiger partial charge in [-0.25, -0.2) is 4.98 Å². The predicted molar refractivity (Wildman–Crippen MR) is 124 cm³/mol. The Morgan fingerprint density at radius 1 is 1.00 bits per heavy atom. The maximum Gasteiger partial charge on any atom is 0.275 e. The third-order valence-corrected chi connectivity index (χ3v) is 5.45. The highest BCUT2D eigenvalue weighted by atomic mass is 16.2. The normalized spacial score (nSPS) is 11.4. The number of likely N-dealkylation sites (N-methyl/N-ethyl adjacent to an activating group) is 1. The van der Waals surface area contributed by atoms with Crippen LogP contribution in [-0.4, -0.2) is 56.8 Å². The van der Waals surface area contributed by atoms with Crippen molar-refractivity contribution < 1.29 is 4.79 Å². The van der Waals surface area contributed by atoms with E-state index in [9.17, 15) is 4.79 Å². The van der Waals surface area contributed by atoms with Crippen LogP contribution in [0.2, 0.25) is 0 Å². The molecule has 0 aliphatic carbocycles. The zero-order chi connectivity index (χ0) is 21.8. The zero-order valence-electron chi connectivity index (χ0n) is 18.4. The molecule has 0 atom stereocenters. The summed E-state index contributed by atoms with van der Waals surface area (Å²) >= 11 is 0. The van der Waals surface area contributed by atoms with Gasteiger partial charge in [0.1, 0.15) is 5.82 Å². The molecule has 3 aromatic heterocycles. The fraction of sp³-hybridized carbons (Fsp3) is 0.280. The van der Waals surface area contributed by atoms with Crippen molar-refractivity contribution in [1.82, 2.24) is 23.8 Å². The van der Waals surface area contributed by atoms with Gasteiger partial charge in [0.05, 0.1) is 5.52 Å². The Hall–Kier alpha value is -3.38. The van der Waals surface area contributed by atoms with E-state index in [2.05, 4.69) is 42.0 Å². The van der Waals surface area contributed by atoms with Crippen molar-refractivity contribution in [3.05, 3.63) is 84.4 Å². The molecule has 3 heterocycles. The van der Waals surface area contributed by atoms with Crippen LogP contribution in [0.3, 0.4) is 0 Å². The molecule has 4 rings (SSSR count). The second-order valence-electron chi connectivity index (χ2n) is 7.99. The molecule has 0 fully saturated rings. The first-order chi connectivity index (χ1) is 15.1. The minimum Gasteiger partial charge on any atom is -0.352 e. The molecule has 0 saturated carbocycles. The van der Waals surface area contributed by atoms with Gasteiger partial charge in [-0.05, 0) is 44.8 Å². The SMILES string of the molecule is CCN(Cc1ccccc1)C(=O)c1nc(-c2ccn(CCN(C)C)c2)n2ccccc12. The molecule has 1 aromatic carbocycles. The summed E-state index contributed by atoms with van der Waals surface area (Å²) < 4.78 is 4.17. The monoisotopic (exact) mass is 415 g/mol. The van der Waals surface area contributed by atoms with Gasteiger partial charge in [0.15, 0.2) is 5.69 Å². The Morgan fingerprint density at radius 2 is 1.77 bits per heavy atom. The average Bonchev–Trinajstić information content (AvgIpc) is 3.41. The molecule has 0 spiro atoms. The molecule has 160 valence electrons. The highest BCUT2D eigenvalue weighted by Gasteiger charge is 2.23. The second kappa shape index (κ2) is 9.18. The summed E-state index contributed by atoms with van der Waals surface area (Å²) in [6, 6.07) is 18.0. The minimum atomic E-state index is -0.0478. The summed E-state index contributed by atoms with van der Waals surface area (Å²) in [7, 11) is 4.14. The molecule has 0 saturated heterocycles. The molecule has 0 unspecified atom stereocenters. The lowest BCUT2D eigenvalue weighted by Gasteiger charge is -2.20. The van der Waals surface area contributed by atoms with E-state index >= 15 is 0 Å². The van der Waals surface area contributed by atoms with Crippen LogP contribution >= 0.6 is 0 Å². The molecule has 0 radical (unpaired) electrons. The third-order valence-electron chi connectivity index (χ3n) is 5.45. The first-order valence-corrected chi connectivity index (χ1v) is 10.7. The summed E-state index contributed by atoms with van der Waals surface area (Å²) in [6.45, 7) is 5.06. The molecule has 4 aromatic rings. The first kappa shape index (κ1) is 20.9. The van der Waals surface area contributed by atoms with Gasteiger partial charge >= 0.3 is 0 Å². The molecule has 0 bridgehead atoms. The third kappa shape index (κ3) is 4.54. The van der Waals surface area contributed by atoms with Crippen LogP contribution in [0.4, 0.5) is 0 Å². The number of carbonyl (C=O) groups is 1. The van der Waals surface area contributed by atoms with Crippen molar-refractivity contribution in [1.29, 1.82) is 0 Å². The topological polar surface area (TPSA) is 45.8 Å². The molecule has 6 nitrogen and oxygen atoms in total. The molecule has 1 amide bonds. The van der Waals surface area contributed by atoms with Crippen LogP contribution < -0.4 is 0 Å². The molecule has 0 aliphatic heterocycles. The van der Waals surface area contributed by atoms with E-state index in [0.29, 0.717) is 18.8 Å². The van der Waals surface area contributed by atoms with Crippen molar-refractivity contribution in [2.45, 2.75) is 20.0 Å². The standard InChI is InChI=1S/C25H29N5O/c1-4-29(18-20-10-6-5-7-11-20)25(31)23-22-12-8-9-14-30(22)24(26-23)21-13-15-28(19-21)17-16-27(2)3/h5-15,19H,4,16-18H2,1-3H3. The van der Waals surface area contributed by atoms with Gasteiger partial charge in [-0.2, -0.15) is 0 Å². The van der Waals surface area contributed by atoms with Crippen LogP contribution in [0.5, 0.6) is 0 Å². The van der Waals surface area contributed by atoms with Gasteiger partial charge in [0, 0.05) is 50.3 Å². The van der Waals surface area contributed by atoms with Crippen LogP contribution in [0.25, 0.3) is 16.9 Å². The summed E-state index contributed by atoms with van der Waals surface area (Å²) in [5, 5.41) is 0. The van der Waals surface area contributed by atoms with E-state index in [-0.39, 0.29) is 5.91 Å².